The van der Waals surface area contributed by atoms with Crippen LogP contribution in [0.1, 0.15) is 16.8 Å². The first kappa shape index (κ1) is 8.42. The summed E-state index contributed by atoms with van der Waals surface area (Å²) < 4.78 is 0. The van der Waals surface area contributed by atoms with Crippen molar-refractivity contribution in [3.8, 4) is 0 Å². The lowest BCUT2D eigenvalue weighted by molar-refractivity contribution is 1.04. The van der Waals surface area contributed by atoms with Gasteiger partial charge in [-0.05, 0) is 36.3 Å². The van der Waals surface area contributed by atoms with Gasteiger partial charge in [0.2, 0.25) is 0 Å². The molecule has 1 nitrogen and oxygen atoms in total. The van der Waals surface area contributed by atoms with E-state index in [2.05, 4.69) is 30.1 Å². The number of benzene rings is 1. The summed E-state index contributed by atoms with van der Waals surface area (Å²) in [6.45, 7) is 2.15. The summed E-state index contributed by atoms with van der Waals surface area (Å²) in [5.41, 5.74) is 5.65. The average Bonchev–Trinajstić information content (AvgIpc) is 2.54. The van der Waals surface area contributed by atoms with Crippen LogP contribution in [0.4, 0.5) is 0 Å². The fraction of sp³-hybridized carbons (Fsp3) is 0.333. The van der Waals surface area contributed by atoms with Crippen LogP contribution in [0.2, 0.25) is 0 Å². The standard InChI is InChI=1S/C12H13NS/c1-8-2-3-9-10-7-14-5-4-11(10)13-12(9)6-8/h2-3,6,13H,4-5,7H2,1H3. The fourth-order valence-electron chi connectivity index (χ4n) is 2.15. The highest BCUT2D eigenvalue weighted by atomic mass is 32.2. The maximum atomic E-state index is 3.54. The summed E-state index contributed by atoms with van der Waals surface area (Å²) in [5.74, 6) is 2.44. The Kier molecular flexibility index (Phi) is 1.84. The van der Waals surface area contributed by atoms with E-state index in [1.54, 1.807) is 0 Å². The Hall–Kier alpha value is -0.890. The quantitative estimate of drug-likeness (QED) is 0.695. The zero-order valence-corrected chi connectivity index (χ0v) is 9.08. The van der Waals surface area contributed by atoms with E-state index in [0.29, 0.717) is 0 Å². The van der Waals surface area contributed by atoms with E-state index in [0.717, 1.165) is 0 Å². The van der Waals surface area contributed by atoms with Crippen molar-refractivity contribution in [1.29, 1.82) is 0 Å². The number of hydrogen-bond donors (Lipinski definition) is 1. The van der Waals surface area contributed by atoms with E-state index in [4.69, 9.17) is 0 Å². The van der Waals surface area contributed by atoms with Crippen molar-refractivity contribution in [2.24, 2.45) is 0 Å². The molecule has 3 rings (SSSR count). The molecule has 2 heterocycles. The molecule has 1 aromatic heterocycles. The van der Waals surface area contributed by atoms with Crippen LogP contribution in [0.15, 0.2) is 18.2 Å². The van der Waals surface area contributed by atoms with Crippen LogP contribution in [0.25, 0.3) is 10.9 Å². The lowest BCUT2D eigenvalue weighted by Crippen LogP contribution is -1.99. The van der Waals surface area contributed by atoms with Crippen LogP contribution >= 0.6 is 11.8 Å². The monoisotopic (exact) mass is 203 g/mol. The van der Waals surface area contributed by atoms with E-state index < -0.39 is 0 Å². The van der Waals surface area contributed by atoms with Crippen LogP contribution in [0, 0.1) is 6.92 Å². The minimum atomic E-state index is 1.18. The van der Waals surface area contributed by atoms with Crippen molar-refractivity contribution in [3.05, 3.63) is 35.0 Å². The highest BCUT2D eigenvalue weighted by molar-refractivity contribution is 7.98. The van der Waals surface area contributed by atoms with Gasteiger partial charge in [-0.1, -0.05) is 12.1 Å². The van der Waals surface area contributed by atoms with Crippen molar-refractivity contribution in [2.75, 3.05) is 5.75 Å². The van der Waals surface area contributed by atoms with Gasteiger partial charge in [0.15, 0.2) is 0 Å². The molecule has 1 N–H and O–H groups in total. The zero-order chi connectivity index (χ0) is 9.54. The van der Waals surface area contributed by atoms with E-state index in [9.17, 15) is 0 Å². The smallest absolute Gasteiger partial charge is 0.0461 e. The molecule has 1 aliphatic heterocycles. The molecule has 0 saturated carbocycles. The minimum absolute atomic E-state index is 1.18. The largest absolute Gasteiger partial charge is 0.358 e. The molecule has 0 amide bonds. The predicted molar refractivity (Wildman–Crippen MR) is 62.9 cm³/mol. The number of aryl methyl sites for hydroxylation is 2. The Balaban J connectivity index is 2.31. The third-order valence-corrected chi connectivity index (χ3v) is 3.88. The third kappa shape index (κ3) is 1.17. The first-order valence-corrected chi connectivity index (χ1v) is 6.18. The van der Waals surface area contributed by atoms with Gasteiger partial charge in [-0.3, -0.25) is 0 Å². The summed E-state index contributed by atoms with van der Waals surface area (Å²) in [4.78, 5) is 3.54. The number of rotatable bonds is 0. The predicted octanol–water partition coefficient (Wildman–Crippen LogP) is 3.27. The molecule has 0 aliphatic carbocycles. The van der Waals surface area contributed by atoms with E-state index in [1.807, 2.05) is 11.8 Å². The Labute approximate surface area is 87.9 Å². The van der Waals surface area contributed by atoms with Gasteiger partial charge < -0.3 is 4.98 Å². The van der Waals surface area contributed by atoms with Crippen molar-refractivity contribution < 1.29 is 0 Å². The number of fused-ring (bicyclic) bond motifs is 3. The molecule has 72 valence electrons. The minimum Gasteiger partial charge on any atom is -0.358 e. The molecular formula is C12H13NS. The van der Waals surface area contributed by atoms with Gasteiger partial charge in [0.25, 0.3) is 0 Å². The Morgan fingerprint density at radius 3 is 3.21 bits per heavy atom. The molecule has 0 unspecified atom stereocenters. The number of thioether (sulfide) groups is 1. The molecule has 0 spiro atoms. The number of hydrogen-bond acceptors (Lipinski definition) is 1. The van der Waals surface area contributed by atoms with Gasteiger partial charge >= 0.3 is 0 Å². The molecule has 2 heteroatoms. The van der Waals surface area contributed by atoms with Gasteiger partial charge in [-0.25, -0.2) is 0 Å². The van der Waals surface area contributed by atoms with Crippen molar-refractivity contribution in [1.82, 2.24) is 4.98 Å². The first-order valence-electron chi connectivity index (χ1n) is 5.02. The fourth-order valence-corrected chi connectivity index (χ4v) is 3.18. The second kappa shape index (κ2) is 3.06. The van der Waals surface area contributed by atoms with E-state index in [-0.39, 0.29) is 0 Å². The molecule has 14 heavy (non-hydrogen) atoms. The number of nitrogens with one attached hydrogen (secondary N) is 1. The number of aromatic nitrogens is 1. The number of aromatic amines is 1. The number of H-pyrrole nitrogens is 1. The Bertz CT molecular complexity index is 484. The topological polar surface area (TPSA) is 15.8 Å². The average molecular weight is 203 g/mol. The highest BCUT2D eigenvalue weighted by Crippen LogP contribution is 2.31. The van der Waals surface area contributed by atoms with Gasteiger partial charge in [0.1, 0.15) is 0 Å². The van der Waals surface area contributed by atoms with Gasteiger partial charge in [0.05, 0.1) is 0 Å². The summed E-state index contributed by atoms with van der Waals surface area (Å²) in [6, 6.07) is 6.71. The van der Waals surface area contributed by atoms with E-state index >= 15 is 0 Å². The second-order valence-corrected chi connectivity index (χ2v) is 5.04. The molecule has 0 bridgehead atoms. The van der Waals surface area contributed by atoms with Crippen molar-refractivity contribution >= 4 is 22.7 Å². The second-order valence-electron chi connectivity index (χ2n) is 3.93. The van der Waals surface area contributed by atoms with Gasteiger partial charge in [-0.15, -0.1) is 0 Å². The van der Waals surface area contributed by atoms with E-state index in [1.165, 1.54) is 45.7 Å². The molecule has 1 aromatic carbocycles. The van der Waals surface area contributed by atoms with Crippen LogP contribution in [0.5, 0.6) is 0 Å². The Morgan fingerprint density at radius 1 is 1.36 bits per heavy atom. The van der Waals surface area contributed by atoms with Gasteiger partial charge in [-0.2, -0.15) is 11.8 Å². The molecule has 2 aromatic rings. The maximum absolute atomic E-state index is 3.54. The zero-order valence-electron chi connectivity index (χ0n) is 8.26. The summed E-state index contributed by atoms with van der Waals surface area (Å²) in [5, 5.41) is 1.43. The van der Waals surface area contributed by atoms with Crippen LogP contribution in [-0.4, -0.2) is 10.7 Å². The van der Waals surface area contributed by atoms with Crippen molar-refractivity contribution in [2.45, 2.75) is 19.1 Å². The first-order chi connectivity index (χ1) is 6.84. The van der Waals surface area contributed by atoms with Gasteiger partial charge in [0, 0.05) is 22.3 Å². The molecule has 0 fully saturated rings. The molecular weight excluding hydrogens is 190 g/mol. The van der Waals surface area contributed by atoms with Crippen LogP contribution in [-0.2, 0) is 12.2 Å². The molecule has 0 saturated heterocycles. The summed E-state index contributed by atoms with van der Waals surface area (Å²) in [7, 11) is 0. The van der Waals surface area contributed by atoms with Crippen LogP contribution < -0.4 is 0 Å². The highest BCUT2D eigenvalue weighted by Gasteiger charge is 2.14. The third-order valence-electron chi connectivity index (χ3n) is 2.89. The summed E-state index contributed by atoms with van der Waals surface area (Å²) in [6.07, 6.45) is 1.20. The maximum Gasteiger partial charge on any atom is 0.0461 e. The summed E-state index contributed by atoms with van der Waals surface area (Å²) >= 11 is 2.04. The van der Waals surface area contributed by atoms with Crippen LogP contribution in [0.3, 0.4) is 0 Å². The lowest BCUT2D eigenvalue weighted by atomic mass is 10.1. The molecule has 0 radical (unpaired) electrons. The Morgan fingerprint density at radius 2 is 2.29 bits per heavy atom. The lowest BCUT2D eigenvalue weighted by Gasteiger charge is -2.09. The molecule has 0 atom stereocenters. The normalized spacial score (nSPS) is 15.8. The van der Waals surface area contributed by atoms with Crippen molar-refractivity contribution in [3.63, 3.8) is 0 Å². The SMILES string of the molecule is Cc1ccc2c3c([nH]c2c1)CCSC3. The molecule has 1 aliphatic rings.